The summed E-state index contributed by atoms with van der Waals surface area (Å²) >= 11 is 0. The van der Waals surface area contributed by atoms with Crippen LogP contribution < -0.4 is 10.1 Å². The van der Waals surface area contributed by atoms with Gasteiger partial charge in [-0.15, -0.1) is 0 Å². The van der Waals surface area contributed by atoms with E-state index in [4.69, 9.17) is 4.74 Å². The summed E-state index contributed by atoms with van der Waals surface area (Å²) in [5.41, 5.74) is 0.795. The molecule has 1 aliphatic carbocycles. The number of hydrogen-bond donors (Lipinski definition) is 1. The van der Waals surface area contributed by atoms with Gasteiger partial charge < -0.3 is 10.1 Å². The van der Waals surface area contributed by atoms with Crippen molar-refractivity contribution in [2.75, 3.05) is 7.05 Å². The maximum atomic E-state index is 13.8. The second-order valence-corrected chi connectivity index (χ2v) is 6.48. The fraction of sp³-hybridized carbons (Fsp3) is 0.500. The van der Waals surface area contributed by atoms with Gasteiger partial charge >= 0.3 is 0 Å². The monoisotopic (exact) mass is 353 g/mol. The number of benzene rings is 1. The van der Waals surface area contributed by atoms with Crippen LogP contribution in [0.25, 0.3) is 0 Å². The highest BCUT2D eigenvalue weighted by Gasteiger charge is 2.19. The molecule has 0 radical (unpaired) electrons. The Labute approximate surface area is 145 Å². The molecule has 0 spiro atoms. The van der Waals surface area contributed by atoms with Crippen molar-refractivity contribution < 1.29 is 17.9 Å². The van der Waals surface area contributed by atoms with E-state index < -0.39 is 17.5 Å². The first kappa shape index (κ1) is 17.8. The molecule has 0 bridgehead atoms. The Morgan fingerprint density at radius 1 is 1.12 bits per heavy atom. The van der Waals surface area contributed by atoms with Crippen molar-refractivity contribution >= 4 is 0 Å². The van der Waals surface area contributed by atoms with Gasteiger partial charge in [-0.1, -0.05) is 12.8 Å². The number of nitrogens with zero attached hydrogens (tertiary/aromatic N) is 2. The molecular formula is C18H22F3N3O. The van der Waals surface area contributed by atoms with Crippen molar-refractivity contribution in [3.8, 4) is 5.88 Å². The van der Waals surface area contributed by atoms with E-state index in [1.807, 2.05) is 7.05 Å². The molecule has 1 saturated carbocycles. The van der Waals surface area contributed by atoms with Crippen LogP contribution in [0.1, 0.15) is 36.9 Å². The van der Waals surface area contributed by atoms with E-state index in [9.17, 15) is 13.2 Å². The predicted molar refractivity (Wildman–Crippen MR) is 87.6 cm³/mol. The SMILES string of the molecule is CNCc1cc(OCc2cc(F)c(F)cc2F)n(CC2CCCC2)n1. The average molecular weight is 353 g/mol. The average Bonchev–Trinajstić information content (AvgIpc) is 3.21. The second-order valence-electron chi connectivity index (χ2n) is 6.48. The van der Waals surface area contributed by atoms with Crippen LogP contribution in [-0.2, 0) is 19.7 Å². The number of rotatable bonds is 7. The van der Waals surface area contributed by atoms with Gasteiger partial charge in [0.05, 0.1) is 5.69 Å². The molecule has 1 aromatic heterocycles. The van der Waals surface area contributed by atoms with Gasteiger partial charge in [0.25, 0.3) is 0 Å². The Morgan fingerprint density at radius 3 is 2.56 bits per heavy atom. The molecule has 0 amide bonds. The molecule has 1 heterocycles. The van der Waals surface area contributed by atoms with Crippen LogP contribution >= 0.6 is 0 Å². The van der Waals surface area contributed by atoms with Crippen LogP contribution in [0.3, 0.4) is 0 Å². The summed E-state index contributed by atoms with van der Waals surface area (Å²) in [6.45, 7) is 1.16. The number of ether oxygens (including phenoxy) is 1. The number of nitrogens with one attached hydrogen (secondary N) is 1. The molecule has 1 fully saturated rings. The van der Waals surface area contributed by atoms with Gasteiger partial charge in [0.2, 0.25) is 5.88 Å². The lowest BCUT2D eigenvalue weighted by atomic mass is 10.1. The Morgan fingerprint density at radius 2 is 1.84 bits per heavy atom. The Balaban J connectivity index is 1.74. The molecule has 1 N–H and O–H groups in total. The summed E-state index contributed by atoms with van der Waals surface area (Å²) in [5, 5.41) is 7.56. The minimum Gasteiger partial charge on any atom is -0.473 e. The third-order valence-corrected chi connectivity index (χ3v) is 4.52. The van der Waals surface area contributed by atoms with E-state index in [2.05, 4.69) is 10.4 Å². The number of hydrogen-bond acceptors (Lipinski definition) is 3. The van der Waals surface area contributed by atoms with E-state index >= 15 is 0 Å². The van der Waals surface area contributed by atoms with E-state index in [0.29, 0.717) is 24.4 Å². The molecule has 4 nitrogen and oxygen atoms in total. The van der Waals surface area contributed by atoms with Crippen molar-refractivity contribution in [1.82, 2.24) is 15.1 Å². The quantitative estimate of drug-likeness (QED) is 0.770. The fourth-order valence-electron chi connectivity index (χ4n) is 3.23. The van der Waals surface area contributed by atoms with E-state index in [0.717, 1.165) is 18.3 Å². The second kappa shape index (κ2) is 7.91. The highest BCUT2D eigenvalue weighted by Crippen LogP contribution is 2.28. The largest absolute Gasteiger partial charge is 0.473 e. The van der Waals surface area contributed by atoms with E-state index in [1.54, 1.807) is 10.7 Å². The van der Waals surface area contributed by atoms with E-state index in [-0.39, 0.29) is 12.2 Å². The van der Waals surface area contributed by atoms with Crippen LogP contribution in [-0.4, -0.2) is 16.8 Å². The molecule has 0 aliphatic heterocycles. The summed E-state index contributed by atoms with van der Waals surface area (Å²) in [5.74, 6) is -2.04. The van der Waals surface area contributed by atoms with Gasteiger partial charge in [0.1, 0.15) is 12.4 Å². The maximum absolute atomic E-state index is 13.8. The van der Waals surface area contributed by atoms with Gasteiger partial charge in [0, 0.05) is 30.8 Å². The molecule has 3 rings (SSSR count). The predicted octanol–water partition coefficient (Wildman–Crippen LogP) is 3.79. The van der Waals surface area contributed by atoms with Crippen LogP contribution in [0.15, 0.2) is 18.2 Å². The summed E-state index contributed by atoms with van der Waals surface area (Å²) in [4.78, 5) is 0. The van der Waals surface area contributed by atoms with Crippen LogP contribution in [0.5, 0.6) is 5.88 Å². The van der Waals surface area contributed by atoms with Gasteiger partial charge in [-0.25, -0.2) is 17.9 Å². The van der Waals surface area contributed by atoms with Gasteiger partial charge in [-0.2, -0.15) is 5.10 Å². The molecule has 136 valence electrons. The molecular weight excluding hydrogens is 331 g/mol. The van der Waals surface area contributed by atoms with E-state index in [1.165, 1.54) is 25.7 Å². The molecule has 7 heteroatoms. The van der Waals surface area contributed by atoms with Crippen LogP contribution in [0.4, 0.5) is 13.2 Å². The minimum atomic E-state index is -1.20. The minimum absolute atomic E-state index is 0.0253. The number of halogens is 3. The lowest BCUT2D eigenvalue weighted by molar-refractivity contribution is 0.256. The molecule has 0 saturated heterocycles. The van der Waals surface area contributed by atoms with Gasteiger partial charge in [-0.05, 0) is 31.9 Å². The highest BCUT2D eigenvalue weighted by atomic mass is 19.2. The lowest BCUT2D eigenvalue weighted by Gasteiger charge is -2.13. The first-order chi connectivity index (χ1) is 12.1. The number of aromatic nitrogens is 2. The fourth-order valence-corrected chi connectivity index (χ4v) is 3.23. The molecule has 25 heavy (non-hydrogen) atoms. The summed E-state index contributed by atoms with van der Waals surface area (Å²) in [6.07, 6.45) is 4.79. The Bertz CT molecular complexity index is 727. The molecule has 1 aliphatic rings. The smallest absolute Gasteiger partial charge is 0.212 e. The van der Waals surface area contributed by atoms with Crippen molar-refractivity contribution in [2.24, 2.45) is 5.92 Å². The molecule has 2 aromatic rings. The first-order valence-corrected chi connectivity index (χ1v) is 8.54. The van der Waals surface area contributed by atoms with Crippen LogP contribution in [0, 0.1) is 23.4 Å². The first-order valence-electron chi connectivity index (χ1n) is 8.54. The summed E-state index contributed by atoms with van der Waals surface area (Å²) in [6, 6.07) is 3.16. The zero-order valence-corrected chi connectivity index (χ0v) is 14.2. The molecule has 0 atom stereocenters. The highest BCUT2D eigenvalue weighted by molar-refractivity contribution is 5.21. The van der Waals surface area contributed by atoms with Gasteiger partial charge in [-0.3, -0.25) is 0 Å². The Hall–Kier alpha value is -2.02. The van der Waals surface area contributed by atoms with Crippen molar-refractivity contribution in [1.29, 1.82) is 0 Å². The lowest BCUT2D eigenvalue weighted by Crippen LogP contribution is -2.12. The zero-order chi connectivity index (χ0) is 17.8. The van der Waals surface area contributed by atoms with Crippen molar-refractivity contribution in [3.63, 3.8) is 0 Å². The molecule has 1 aromatic carbocycles. The Kier molecular flexibility index (Phi) is 5.63. The zero-order valence-electron chi connectivity index (χ0n) is 14.2. The summed E-state index contributed by atoms with van der Waals surface area (Å²) in [7, 11) is 1.83. The third-order valence-electron chi connectivity index (χ3n) is 4.52. The maximum Gasteiger partial charge on any atom is 0.212 e. The van der Waals surface area contributed by atoms with Crippen molar-refractivity contribution in [2.45, 2.75) is 45.4 Å². The summed E-state index contributed by atoms with van der Waals surface area (Å²) < 4.78 is 47.6. The third kappa shape index (κ3) is 4.34. The van der Waals surface area contributed by atoms with Crippen molar-refractivity contribution in [3.05, 3.63) is 46.9 Å². The standard InChI is InChI=1S/C18H22F3N3O/c1-22-9-14-7-18(24(23-14)10-12-4-2-3-5-12)25-11-13-6-16(20)17(21)8-15(13)19/h6-8,12,22H,2-5,9-11H2,1H3. The molecule has 0 unspecified atom stereocenters. The topological polar surface area (TPSA) is 39.1 Å². The van der Waals surface area contributed by atoms with Gasteiger partial charge in [0.15, 0.2) is 11.6 Å². The normalized spacial score (nSPS) is 15.0. The van der Waals surface area contributed by atoms with Crippen LogP contribution in [0.2, 0.25) is 0 Å².